The van der Waals surface area contributed by atoms with Crippen molar-refractivity contribution >= 4 is 12.0 Å². The van der Waals surface area contributed by atoms with Crippen LogP contribution in [-0.4, -0.2) is 46.6 Å². The van der Waals surface area contributed by atoms with E-state index in [1.54, 1.807) is 12.4 Å². The molecule has 21 heavy (non-hydrogen) atoms. The van der Waals surface area contributed by atoms with Crippen LogP contribution in [0.2, 0.25) is 0 Å². The molecule has 4 N–H and O–H groups in total. The Bertz CT molecular complexity index is 461. The Morgan fingerprint density at radius 1 is 1.48 bits per heavy atom. The minimum Gasteiger partial charge on any atom is -0.368 e. The fourth-order valence-corrected chi connectivity index (χ4v) is 2.48. The molecule has 1 atom stereocenters. The molecule has 7 heteroatoms. The van der Waals surface area contributed by atoms with Gasteiger partial charge < -0.3 is 16.4 Å². The number of nitrogens with one attached hydrogen (secondary N) is 2. The van der Waals surface area contributed by atoms with Gasteiger partial charge >= 0.3 is 6.03 Å². The van der Waals surface area contributed by atoms with Crippen LogP contribution in [0.4, 0.5) is 10.7 Å². The first-order valence-corrected chi connectivity index (χ1v) is 7.36. The lowest BCUT2D eigenvalue weighted by atomic mass is 10.1. The van der Waals surface area contributed by atoms with Gasteiger partial charge in [-0.15, -0.1) is 0 Å². The summed E-state index contributed by atoms with van der Waals surface area (Å²) < 4.78 is 0. The van der Waals surface area contributed by atoms with E-state index >= 15 is 0 Å². The Balaban J connectivity index is 1.71. The quantitative estimate of drug-likeness (QED) is 0.738. The molecule has 1 aromatic heterocycles. The molecule has 0 radical (unpaired) electrons. The summed E-state index contributed by atoms with van der Waals surface area (Å²) >= 11 is 0. The third-order valence-electron chi connectivity index (χ3n) is 3.47. The zero-order valence-electron chi connectivity index (χ0n) is 12.7. The van der Waals surface area contributed by atoms with E-state index in [0.29, 0.717) is 18.4 Å². The van der Waals surface area contributed by atoms with Crippen LogP contribution in [-0.2, 0) is 6.54 Å². The number of likely N-dealkylation sites (tertiary alicyclic amines) is 1. The van der Waals surface area contributed by atoms with E-state index in [-0.39, 0.29) is 12.1 Å². The van der Waals surface area contributed by atoms with E-state index < -0.39 is 0 Å². The molecule has 7 nitrogen and oxygen atoms in total. The van der Waals surface area contributed by atoms with Crippen molar-refractivity contribution in [1.29, 1.82) is 0 Å². The first-order chi connectivity index (χ1) is 10.0. The molecule has 2 amide bonds. The van der Waals surface area contributed by atoms with E-state index in [9.17, 15) is 4.79 Å². The molecule has 2 heterocycles. The van der Waals surface area contributed by atoms with Crippen LogP contribution < -0.4 is 16.4 Å². The molecule has 0 bridgehead atoms. The summed E-state index contributed by atoms with van der Waals surface area (Å²) in [6.45, 7) is 7.45. The Morgan fingerprint density at radius 2 is 2.19 bits per heavy atom. The van der Waals surface area contributed by atoms with E-state index in [4.69, 9.17) is 5.73 Å². The van der Waals surface area contributed by atoms with Gasteiger partial charge in [0.05, 0.1) is 0 Å². The molecule has 1 fully saturated rings. The highest BCUT2D eigenvalue weighted by Crippen LogP contribution is 2.17. The molecule has 0 spiro atoms. The van der Waals surface area contributed by atoms with Gasteiger partial charge in [0.1, 0.15) is 0 Å². The predicted molar refractivity (Wildman–Crippen MR) is 81.5 cm³/mol. The molecule has 0 aliphatic carbocycles. The van der Waals surface area contributed by atoms with Gasteiger partial charge in [0.2, 0.25) is 5.95 Å². The Morgan fingerprint density at radius 3 is 2.86 bits per heavy atom. The SMILES string of the molecule is CC(C)NC(=O)NCC1CCN(Cc2cnc(N)nc2)C1. The Kier molecular flexibility index (Phi) is 5.32. The summed E-state index contributed by atoms with van der Waals surface area (Å²) in [5.41, 5.74) is 6.54. The average Bonchev–Trinajstić information content (AvgIpc) is 2.86. The molecule has 0 aromatic carbocycles. The van der Waals surface area contributed by atoms with E-state index in [2.05, 4.69) is 25.5 Å². The van der Waals surface area contributed by atoms with E-state index in [0.717, 1.165) is 31.6 Å². The molecule has 1 aromatic rings. The number of carbonyl (C=O) groups is 1. The van der Waals surface area contributed by atoms with Crippen molar-refractivity contribution in [3.8, 4) is 0 Å². The highest BCUT2D eigenvalue weighted by Gasteiger charge is 2.23. The maximum atomic E-state index is 11.6. The number of urea groups is 1. The smallest absolute Gasteiger partial charge is 0.314 e. The summed E-state index contributed by atoms with van der Waals surface area (Å²) in [4.78, 5) is 21.9. The van der Waals surface area contributed by atoms with Crippen LogP contribution in [0.15, 0.2) is 12.4 Å². The standard InChI is InChI=1S/C14H24N6O/c1-10(2)19-14(21)18-5-11-3-4-20(8-11)9-12-6-16-13(15)17-7-12/h6-7,10-11H,3-5,8-9H2,1-2H3,(H2,15,16,17)(H2,18,19,21). The van der Waals surface area contributed by atoms with Gasteiger partial charge in [-0.3, -0.25) is 4.90 Å². The van der Waals surface area contributed by atoms with Crippen molar-refractivity contribution in [3.63, 3.8) is 0 Å². The van der Waals surface area contributed by atoms with Crippen molar-refractivity contribution in [3.05, 3.63) is 18.0 Å². The first-order valence-electron chi connectivity index (χ1n) is 7.36. The number of rotatable bonds is 5. The van der Waals surface area contributed by atoms with Gasteiger partial charge in [-0.25, -0.2) is 14.8 Å². The van der Waals surface area contributed by atoms with Crippen molar-refractivity contribution in [1.82, 2.24) is 25.5 Å². The van der Waals surface area contributed by atoms with Gasteiger partial charge in [-0.1, -0.05) is 0 Å². The van der Waals surface area contributed by atoms with Gasteiger partial charge in [0.15, 0.2) is 0 Å². The maximum Gasteiger partial charge on any atom is 0.314 e. The highest BCUT2D eigenvalue weighted by atomic mass is 16.2. The summed E-state index contributed by atoms with van der Waals surface area (Å²) in [6.07, 6.45) is 4.63. The number of amides is 2. The molecule has 1 aliphatic heterocycles. The summed E-state index contributed by atoms with van der Waals surface area (Å²) in [6, 6.07) is 0.0750. The van der Waals surface area contributed by atoms with Gasteiger partial charge in [0, 0.05) is 43.6 Å². The Labute approximate surface area is 125 Å². The largest absolute Gasteiger partial charge is 0.368 e. The van der Waals surface area contributed by atoms with Crippen LogP contribution >= 0.6 is 0 Å². The van der Waals surface area contributed by atoms with Gasteiger partial charge in [-0.2, -0.15) is 0 Å². The molecule has 1 saturated heterocycles. The number of anilines is 1. The minimum absolute atomic E-state index is 0.0876. The van der Waals surface area contributed by atoms with Crippen LogP contribution in [0.5, 0.6) is 0 Å². The second-order valence-electron chi connectivity index (χ2n) is 5.85. The summed E-state index contributed by atoms with van der Waals surface area (Å²) in [5.74, 6) is 0.802. The number of nitrogens with zero attached hydrogens (tertiary/aromatic N) is 3. The molecule has 0 saturated carbocycles. The number of aromatic nitrogens is 2. The lowest BCUT2D eigenvalue weighted by Gasteiger charge is -2.16. The molecule has 1 unspecified atom stereocenters. The van der Waals surface area contributed by atoms with Crippen molar-refractivity contribution in [2.45, 2.75) is 32.9 Å². The van der Waals surface area contributed by atoms with Crippen molar-refractivity contribution in [2.24, 2.45) is 5.92 Å². The van der Waals surface area contributed by atoms with Gasteiger partial charge in [-0.05, 0) is 32.7 Å². The molecular formula is C14H24N6O. The maximum absolute atomic E-state index is 11.6. The molecular weight excluding hydrogens is 268 g/mol. The lowest BCUT2D eigenvalue weighted by Crippen LogP contribution is -2.41. The first kappa shape index (κ1) is 15.5. The highest BCUT2D eigenvalue weighted by molar-refractivity contribution is 5.74. The molecule has 1 aliphatic rings. The number of nitrogens with two attached hydrogens (primary N) is 1. The van der Waals surface area contributed by atoms with Crippen LogP contribution in [0.3, 0.4) is 0 Å². The molecule has 2 rings (SSSR count). The minimum atomic E-state index is -0.0876. The van der Waals surface area contributed by atoms with E-state index in [1.807, 2.05) is 13.8 Å². The predicted octanol–water partition coefficient (Wildman–Crippen LogP) is 0.588. The number of carbonyl (C=O) groups excluding carboxylic acids is 1. The number of hydrogen-bond donors (Lipinski definition) is 3. The van der Waals surface area contributed by atoms with Crippen LogP contribution in [0.1, 0.15) is 25.8 Å². The second kappa shape index (κ2) is 7.21. The monoisotopic (exact) mass is 292 g/mol. The van der Waals surface area contributed by atoms with Crippen molar-refractivity contribution < 1.29 is 4.79 Å². The zero-order chi connectivity index (χ0) is 15.2. The average molecular weight is 292 g/mol. The number of nitrogen functional groups attached to an aromatic ring is 1. The van der Waals surface area contributed by atoms with E-state index in [1.165, 1.54) is 0 Å². The topological polar surface area (TPSA) is 96.2 Å². The summed E-state index contributed by atoms with van der Waals surface area (Å²) in [7, 11) is 0. The third-order valence-corrected chi connectivity index (χ3v) is 3.47. The van der Waals surface area contributed by atoms with Gasteiger partial charge in [0.25, 0.3) is 0 Å². The second-order valence-corrected chi connectivity index (χ2v) is 5.85. The normalized spacial score (nSPS) is 18.9. The molecule has 116 valence electrons. The van der Waals surface area contributed by atoms with Crippen molar-refractivity contribution in [2.75, 3.05) is 25.4 Å². The third kappa shape index (κ3) is 5.18. The van der Waals surface area contributed by atoms with Crippen LogP contribution in [0.25, 0.3) is 0 Å². The fraction of sp³-hybridized carbons (Fsp3) is 0.643. The number of hydrogen-bond acceptors (Lipinski definition) is 5. The Hall–Kier alpha value is -1.89. The summed E-state index contributed by atoms with van der Waals surface area (Å²) in [5, 5.41) is 5.76. The zero-order valence-corrected chi connectivity index (χ0v) is 12.7. The fourth-order valence-electron chi connectivity index (χ4n) is 2.48. The van der Waals surface area contributed by atoms with Crippen LogP contribution in [0, 0.1) is 5.92 Å². The lowest BCUT2D eigenvalue weighted by molar-refractivity contribution is 0.236.